The molecule has 1 aliphatic carbocycles. The van der Waals surface area contributed by atoms with Crippen LogP contribution < -0.4 is 15.8 Å². The molecule has 1 saturated carbocycles. The molecule has 7 nitrogen and oxygen atoms in total. The van der Waals surface area contributed by atoms with Crippen LogP contribution in [0.3, 0.4) is 0 Å². The van der Waals surface area contributed by atoms with Gasteiger partial charge in [0.25, 0.3) is 5.56 Å². The number of nitrogens with zero attached hydrogens (tertiary/aromatic N) is 4. The average molecular weight is 474 g/mol. The van der Waals surface area contributed by atoms with Gasteiger partial charge in [0.05, 0.1) is 6.54 Å². The minimum atomic E-state index is -0.127. The molecule has 1 aliphatic heterocycles. The number of nitrogens with one attached hydrogen (secondary N) is 1. The average Bonchev–Trinajstić information content (AvgIpc) is 2.88. The van der Waals surface area contributed by atoms with Crippen LogP contribution in [0.15, 0.2) is 53.5 Å². The number of rotatable bonds is 5. The Bertz CT molecular complexity index is 1190. The van der Waals surface area contributed by atoms with Crippen molar-refractivity contribution in [2.45, 2.75) is 70.4 Å². The summed E-state index contributed by atoms with van der Waals surface area (Å²) in [5, 5.41) is 3.34. The number of benzene rings is 1. The summed E-state index contributed by atoms with van der Waals surface area (Å²) < 4.78 is 1.72. The zero-order chi connectivity index (χ0) is 24.0. The first kappa shape index (κ1) is 23.5. The number of piperidine rings is 1. The van der Waals surface area contributed by atoms with Crippen LogP contribution in [0.4, 0.5) is 5.82 Å². The second-order valence-corrected chi connectivity index (χ2v) is 9.97. The van der Waals surface area contributed by atoms with E-state index in [1.165, 1.54) is 32.1 Å². The second-order valence-electron chi connectivity index (χ2n) is 9.97. The van der Waals surface area contributed by atoms with Gasteiger partial charge < -0.3 is 10.2 Å². The predicted octanol–water partition coefficient (Wildman–Crippen LogP) is 4.29. The molecule has 35 heavy (non-hydrogen) atoms. The molecule has 1 N–H and O–H groups in total. The highest BCUT2D eigenvalue weighted by Crippen LogP contribution is 2.23. The van der Waals surface area contributed by atoms with Crippen molar-refractivity contribution in [2.24, 2.45) is 5.92 Å². The van der Waals surface area contributed by atoms with E-state index in [2.05, 4.69) is 15.2 Å². The van der Waals surface area contributed by atoms with Crippen LogP contribution in [0.2, 0.25) is 0 Å². The van der Waals surface area contributed by atoms with Crippen LogP contribution >= 0.6 is 0 Å². The minimum absolute atomic E-state index is 0.00496. The van der Waals surface area contributed by atoms with Gasteiger partial charge in [0.2, 0.25) is 5.91 Å². The maximum Gasteiger partial charge on any atom is 0.295 e. The van der Waals surface area contributed by atoms with E-state index in [-0.39, 0.29) is 17.4 Å². The molecular formula is C28H35N5O2. The number of anilines is 1. The molecule has 2 aliphatic rings. The molecular weight excluding hydrogens is 438 g/mol. The Labute approximate surface area is 206 Å². The van der Waals surface area contributed by atoms with Gasteiger partial charge in [-0.2, -0.15) is 0 Å². The first-order chi connectivity index (χ1) is 17.2. The first-order valence-electron chi connectivity index (χ1n) is 13.1. The maximum absolute atomic E-state index is 13.6. The quantitative estimate of drug-likeness (QED) is 0.598. The number of hydrogen-bond acceptors (Lipinski definition) is 5. The summed E-state index contributed by atoms with van der Waals surface area (Å²) in [5.74, 6) is 0.651. The van der Waals surface area contributed by atoms with E-state index in [1.54, 1.807) is 10.8 Å². The predicted molar refractivity (Wildman–Crippen MR) is 139 cm³/mol. The van der Waals surface area contributed by atoms with E-state index in [0.717, 1.165) is 31.2 Å². The zero-order valence-electron chi connectivity index (χ0n) is 20.4. The molecule has 0 spiro atoms. The van der Waals surface area contributed by atoms with Crippen molar-refractivity contribution in [3.05, 3.63) is 64.6 Å². The van der Waals surface area contributed by atoms with Crippen molar-refractivity contribution in [2.75, 3.05) is 18.0 Å². The van der Waals surface area contributed by atoms with Gasteiger partial charge in [-0.25, -0.2) is 9.97 Å². The van der Waals surface area contributed by atoms with Crippen LogP contribution in [0.1, 0.15) is 63.4 Å². The third-order valence-corrected chi connectivity index (χ3v) is 7.48. The lowest BCUT2D eigenvalue weighted by atomic mass is 9.93. The SMILES string of the molecule is O=C(NC1CCCCCCC1)C1CCN(c2nc3cccnc3n(Cc3ccccc3)c2=O)CC1. The van der Waals surface area contributed by atoms with Crippen LogP contribution in [0.25, 0.3) is 11.2 Å². The van der Waals surface area contributed by atoms with Crippen molar-refractivity contribution in [1.29, 1.82) is 0 Å². The van der Waals surface area contributed by atoms with Crippen LogP contribution in [-0.4, -0.2) is 39.6 Å². The zero-order valence-corrected chi connectivity index (χ0v) is 20.4. The molecule has 0 unspecified atom stereocenters. The highest BCUT2D eigenvalue weighted by Gasteiger charge is 2.29. The van der Waals surface area contributed by atoms with E-state index < -0.39 is 0 Å². The highest BCUT2D eigenvalue weighted by atomic mass is 16.2. The molecule has 1 aromatic carbocycles. The summed E-state index contributed by atoms with van der Waals surface area (Å²) >= 11 is 0. The van der Waals surface area contributed by atoms with E-state index in [1.807, 2.05) is 42.5 Å². The van der Waals surface area contributed by atoms with Gasteiger partial charge in [0, 0.05) is 31.2 Å². The highest BCUT2D eigenvalue weighted by molar-refractivity contribution is 5.79. The molecule has 3 aromatic rings. The van der Waals surface area contributed by atoms with Gasteiger partial charge in [-0.15, -0.1) is 0 Å². The Morgan fingerprint density at radius 1 is 0.914 bits per heavy atom. The fourth-order valence-electron chi connectivity index (χ4n) is 5.45. The van der Waals surface area contributed by atoms with Crippen molar-refractivity contribution in [3.63, 3.8) is 0 Å². The molecule has 184 valence electrons. The Morgan fingerprint density at radius 2 is 1.63 bits per heavy atom. The molecule has 5 rings (SSSR count). The van der Waals surface area contributed by atoms with Crippen molar-refractivity contribution in [3.8, 4) is 0 Å². The molecule has 1 saturated heterocycles. The normalized spacial score (nSPS) is 18.2. The molecule has 7 heteroatoms. The van der Waals surface area contributed by atoms with Gasteiger partial charge in [-0.1, -0.05) is 62.4 Å². The summed E-state index contributed by atoms with van der Waals surface area (Å²) in [5.41, 5.74) is 2.22. The molecule has 2 fully saturated rings. The fraction of sp³-hybridized carbons (Fsp3) is 0.500. The summed E-state index contributed by atoms with van der Waals surface area (Å²) in [7, 11) is 0. The third kappa shape index (κ3) is 5.55. The molecule has 0 bridgehead atoms. The standard InChI is InChI=1S/C28H35N5O2/c34-27(30-23-12-7-2-1-3-8-13-23)22-15-18-32(19-16-22)26-28(35)33(20-21-10-5-4-6-11-21)25-24(31-26)14-9-17-29-25/h4-6,9-11,14,17,22-23H,1-3,7-8,12-13,15-16,18-20H2,(H,30,34). The lowest BCUT2D eigenvalue weighted by molar-refractivity contribution is -0.126. The summed E-state index contributed by atoms with van der Waals surface area (Å²) in [6.07, 6.45) is 11.7. The Balaban J connectivity index is 1.30. The number of carbonyl (C=O) groups excluding carboxylic acids is 1. The van der Waals surface area contributed by atoms with E-state index >= 15 is 0 Å². The van der Waals surface area contributed by atoms with Gasteiger partial charge in [0.1, 0.15) is 5.52 Å². The molecule has 0 radical (unpaired) electrons. The van der Waals surface area contributed by atoms with E-state index in [0.29, 0.717) is 42.7 Å². The lowest BCUT2D eigenvalue weighted by Crippen LogP contribution is -2.45. The van der Waals surface area contributed by atoms with Crippen molar-refractivity contribution in [1.82, 2.24) is 19.9 Å². The Hall–Kier alpha value is -3.22. The summed E-state index contributed by atoms with van der Waals surface area (Å²) in [4.78, 5) is 37.8. The maximum atomic E-state index is 13.6. The number of carbonyl (C=O) groups is 1. The molecule has 3 heterocycles. The van der Waals surface area contributed by atoms with Crippen LogP contribution in [0, 0.1) is 5.92 Å². The monoisotopic (exact) mass is 473 g/mol. The fourth-order valence-corrected chi connectivity index (χ4v) is 5.45. The third-order valence-electron chi connectivity index (χ3n) is 7.48. The molecule has 0 atom stereocenters. The Morgan fingerprint density at radius 3 is 2.37 bits per heavy atom. The smallest absolute Gasteiger partial charge is 0.295 e. The summed E-state index contributed by atoms with van der Waals surface area (Å²) in [6.45, 7) is 1.76. The molecule has 2 aromatic heterocycles. The number of aromatic nitrogens is 3. The Kier molecular flexibility index (Phi) is 7.40. The van der Waals surface area contributed by atoms with Gasteiger partial charge in [-0.05, 0) is 43.4 Å². The van der Waals surface area contributed by atoms with E-state index in [4.69, 9.17) is 4.98 Å². The topological polar surface area (TPSA) is 80.1 Å². The molecule has 1 amide bonds. The number of fused-ring (bicyclic) bond motifs is 1. The van der Waals surface area contributed by atoms with Gasteiger partial charge >= 0.3 is 0 Å². The van der Waals surface area contributed by atoms with Crippen LogP contribution in [-0.2, 0) is 11.3 Å². The minimum Gasteiger partial charge on any atom is -0.353 e. The van der Waals surface area contributed by atoms with Crippen molar-refractivity contribution >= 4 is 22.9 Å². The van der Waals surface area contributed by atoms with Crippen molar-refractivity contribution < 1.29 is 4.79 Å². The largest absolute Gasteiger partial charge is 0.353 e. The first-order valence-corrected chi connectivity index (χ1v) is 13.1. The summed E-state index contributed by atoms with van der Waals surface area (Å²) in [6, 6.07) is 14.0. The second kappa shape index (κ2) is 11.0. The number of pyridine rings is 1. The van der Waals surface area contributed by atoms with Gasteiger partial charge in [0.15, 0.2) is 11.5 Å². The lowest BCUT2D eigenvalue weighted by Gasteiger charge is -2.33. The van der Waals surface area contributed by atoms with E-state index in [9.17, 15) is 9.59 Å². The van der Waals surface area contributed by atoms with Gasteiger partial charge in [-0.3, -0.25) is 14.2 Å². The number of amides is 1. The number of hydrogen-bond donors (Lipinski definition) is 1. The van der Waals surface area contributed by atoms with Crippen LogP contribution in [0.5, 0.6) is 0 Å².